The highest BCUT2D eigenvalue weighted by atomic mass is 127. The van der Waals surface area contributed by atoms with Gasteiger partial charge in [-0.2, -0.15) is 0 Å². The van der Waals surface area contributed by atoms with Crippen LogP contribution >= 0.6 is 22.6 Å². The minimum atomic E-state index is -1.32. The number of benzene rings is 1. The maximum atomic E-state index is 11.8. The molecule has 1 aromatic rings. The second kappa shape index (κ2) is 5.43. The van der Waals surface area contributed by atoms with E-state index in [-0.39, 0.29) is 11.3 Å². The molecule has 0 aliphatic carbocycles. The summed E-state index contributed by atoms with van der Waals surface area (Å²) in [7, 11) is 0. The van der Waals surface area contributed by atoms with Crippen molar-refractivity contribution in [3.05, 3.63) is 43.0 Å². The van der Waals surface area contributed by atoms with Gasteiger partial charge in [-0.1, -0.05) is 12.1 Å². The highest BCUT2D eigenvalue weighted by Gasteiger charge is 2.39. The molecule has 0 N–H and O–H groups in total. The van der Waals surface area contributed by atoms with Crippen LogP contribution in [-0.2, 0) is 19.1 Å². The fourth-order valence-corrected chi connectivity index (χ4v) is 2.44. The van der Waals surface area contributed by atoms with Crippen molar-refractivity contribution in [3.63, 3.8) is 0 Å². The predicted molar refractivity (Wildman–Crippen MR) is 80.1 cm³/mol. The number of carbonyl (C=O) groups is 2. The molecular formula is C13H10INO6. The van der Waals surface area contributed by atoms with Gasteiger partial charge >= 0.3 is 11.9 Å². The van der Waals surface area contributed by atoms with Crippen LogP contribution in [-0.4, -0.2) is 22.6 Å². The van der Waals surface area contributed by atoms with Crippen molar-refractivity contribution in [2.24, 2.45) is 0 Å². The van der Waals surface area contributed by atoms with Gasteiger partial charge in [-0.25, -0.2) is 9.59 Å². The number of carbonyl (C=O) groups excluding carboxylic acids is 2. The van der Waals surface area contributed by atoms with Crippen molar-refractivity contribution in [3.8, 4) is 0 Å². The molecule has 0 spiro atoms. The molecule has 1 aromatic carbocycles. The molecule has 7 nitrogen and oxygen atoms in total. The number of ether oxygens (including phenoxy) is 2. The SMILES string of the molecule is CC1(C)OC(=O)C(=Cc2cccc([N+](=O)[O-])c2I)C(=O)O1. The van der Waals surface area contributed by atoms with Crippen LogP contribution in [0.1, 0.15) is 19.4 Å². The van der Waals surface area contributed by atoms with E-state index in [0.29, 0.717) is 9.13 Å². The average molecular weight is 403 g/mol. The number of esters is 2. The molecule has 21 heavy (non-hydrogen) atoms. The van der Waals surface area contributed by atoms with Crippen molar-refractivity contribution < 1.29 is 24.0 Å². The fraction of sp³-hybridized carbons (Fsp3) is 0.231. The molecule has 1 saturated heterocycles. The Morgan fingerprint density at radius 1 is 1.24 bits per heavy atom. The molecule has 0 bridgehead atoms. The summed E-state index contributed by atoms with van der Waals surface area (Å²) in [6, 6.07) is 4.36. The molecule has 8 heteroatoms. The summed E-state index contributed by atoms with van der Waals surface area (Å²) in [6.45, 7) is 2.88. The third kappa shape index (κ3) is 3.20. The standard InChI is InChI=1S/C13H10INO6/c1-13(2)20-11(16)8(12(17)21-13)6-7-4-3-5-9(10(7)14)15(18)19/h3-6H,1-2H3. The van der Waals surface area contributed by atoms with Crippen LogP contribution < -0.4 is 0 Å². The molecule has 0 radical (unpaired) electrons. The fourth-order valence-electron chi connectivity index (χ4n) is 1.72. The Labute approximate surface area is 133 Å². The quantitative estimate of drug-likeness (QED) is 0.188. The van der Waals surface area contributed by atoms with Crippen LogP contribution in [0.2, 0.25) is 0 Å². The molecular weight excluding hydrogens is 393 g/mol. The number of cyclic esters (lactones) is 2. The van der Waals surface area contributed by atoms with Crippen LogP contribution in [0.3, 0.4) is 0 Å². The van der Waals surface area contributed by atoms with E-state index < -0.39 is 22.6 Å². The van der Waals surface area contributed by atoms with E-state index in [2.05, 4.69) is 0 Å². The van der Waals surface area contributed by atoms with E-state index in [1.165, 1.54) is 32.1 Å². The number of nitrogens with zero attached hydrogens (tertiary/aromatic N) is 1. The Hall–Kier alpha value is -1.97. The van der Waals surface area contributed by atoms with Gasteiger partial charge in [0.1, 0.15) is 5.57 Å². The van der Waals surface area contributed by atoms with Crippen molar-refractivity contribution >= 4 is 46.3 Å². The van der Waals surface area contributed by atoms with Crippen LogP contribution in [0, 0.1) is 13.7 Å². The van der Waals surface area contributed by atoms with Gasteiger partial charge in [0.2, 0.25) is 0 Å². The van der Waals surface area contributed by atoms with Crippen molar-refractivity contribution in [2.75, 3.05) is 0 Å². The van der Waals surface area contributed by atoms with Crippen LogP contribution in [0.4, 0.5) is 5.69 Å². The third-order valence-corrected chi connectivity index (χ3v) is 3.80. The monoisotopic (exact) mass is 403 g/mol. The maximum absolute atomic E-state index is 11.8. The molecule has 0 saturated carbocycles. The molecule has 1 aliphatic rings. The summed E-state index contributed by atoms with van der Waals surface area (Å²) in [5, 5.41) is 10.9. The van der Waals surface area contributed by atoms with Crippen LogP contribution in [0.5, 0.6) is 0 Å². The van der Waals surface area contributed by atoms with Gasteiger partial charge in [-0.3, -0.25) is 10.1 Å². The largest absolute Gasteiger partial charge is 0.419 e. The van der Waals surface area contributed by atoms with E-state index in [1.54, 1.807) is 28.7 Å². The summed E-state index contributed by atoms with van der Waals surface area (Å²) >= 11 is 1.78. The first-order valence-electron chi connectivity index (χ1n) is 5.82. The van der Waals surface area contributed by atoms with Gasteiger partial charge in [0.25, 0.3) is 11.5 Å². The zero-order valence-corrected chi connectivity index (χ0v) is 13.2. The van der Waals surface area contributed by atoms with Gasteiger partial charge in [-0.15, -0.1) is 0 Å². The van der Waals surface area contributed by atoms with Crippen molar-refractivity contribution in [2.45, 2.75) is 19.6 Å². The lowest BCUT2D eigenvalue weighted by molar-refractivity contribution is -0.385. The molecule has 0 unspecified atom stereocenters. The highest BCUT2D eigenvalue weighted by molar-refractivity contribution is 14.1. The van der Waals surface area contributed by atoms with Gasteiger partial charge in [0.15, 0.2) is 0 Å². The number of nitro benzene ring substituents is 1. The van der Waals surface area contributed by atoms with Crippen molar-refractivity contribution in [1.82, 2.24) is 0 Å². The first-order valence-corrected chi connectivity index (χ1v) is 6.90. The van der Waals surface area contributed by atoms with Crippen LogP contribution in [0.15, 0.2) is 23.8 Å². The van der Waals surface area contributed by atoms with E-state index in [9.17, 15) is 19.7 Å². The van der Waals surface area contributed by atoms with Gasteiger partial charge < -0.3 is 9.47 Å². The number of nitro groups is 1. The lowest BCUT2D eigenvalue weighted by atomic mass is 10.1. The summed E-state index contributed by atoms with van der Waals surface area (Å²) in [4.78, 5) is 34.0. The minimum absolute atomic E-state index is 0.108. The van der Waals surface area contributed by atoms with E-state index in [4.69, 9.17) is 9.47 Å². The molecule has 1 heterocycles. The Morgan fingerprint density at radius 2 is 1.81 bits per heavy atom. The smallest absolute Gasteiger partial charge is 0.348 e. The summed E-state index contributed by atoms with van der Waals surface area (Å²) in [5.74, 6) is -2.96. The summed E-state index contributed by atoms with van der Waals surface area (Å²) in [5.41, 5.74) is -0.0380. The number of rotatable bonds is 2. The van der Waals surface area contributed by atoms with Gasteiger partial charge in [0.05, 0.1) is 8.49 Å². The number of hydrogen-bond donors (Lipinski definition) is 0. The van der Waals surface area contributed by atoms with E-state index in [1.807, 2.05) is 0 Å². The minimum Gasteiger partial charge on any atom is -0.419 e. The van der Waals surface area contributed by atoms with Gasteiger partial charge in [0, 0.05) is 19.9 Å². The second-order valence-corrected chi connectivity index (χ2v) is 5.75. The number of hydrogen-bond acceptors (Lipinski definition) is 6. The molecule has 110 valence electrons. The molecule has 0 atom stereocenters. The zero-order chi connectivity index (χ0) is 15.8. The molecule has 0 aromatic heterocycles. The Morgan fingerprint density at radius 3 is 2.33 bits per heavy atom. The summed E-state index contributed by atoms with van der Waals surface area (Å²) in [6.07, 6.45) is 1.23. The second-order valence-electron chi connectivity index (χ2n) is 4.67. The Balaban J connectivity index is 2.45. The Kier molecular flexibility index (Phi) is 3.99. The highest BCUT2D eigenvalue weighted by Crippen LogP contribution is 2.28. The van der Waals surface area contributed by atoms with Crippen molar-refractivity contribution in [1.29, 1.82) is 0 Å². The Bertz CT molecular complexity index is 657. The number of halogens is 1. The third-order valence-electron chi connectivity index (χ3n) is 2.62. The molecule has 0 amide bonds. The van der Waals surface area contributed by atoms with E-state index in [0.717, 1.165) is 0 Å². The topological polar surface area (TPSA) is 95.7 Å². The predicted octanol–water partition coefficient (Wildman–Crippen LogP) is 2.42. The summed E-state index contributed by atoms with van der Waals surface area (Å²) < 4.78 is 10.2. The first-order chi connectivity index (χ1) is 9.71. The van der Waals surface area contributed by atoms with E-state index >= 15 is 0 Å². The average Bonchev–Trinajstić information content (AvgIpc) is 2.34. The zero-order valence-electron chi connectivity index (χ0n) is 11.1. The molecule has 1 aliphatic heterocycles. The molecule has 2 rings (SSSR count). The lowest BCUT2D eigenvalue weighted by Gasteiger charge is -2.29. The first kappa shape index (κ1) is 15.4. The van der Waals surface area contributed by atoms with Crippen LogP contribution in [0.25, 0.3) is 6.08 Å². The molecule has 1 fully saturated rings. The van der Waals surface area contributed by atoms with Gasteiger partial charge in [-0.05, 0) is 34.2 Å². The maximum Gasteiger partial charge on any atom is 0.348 e. The lowest BCUT2D eigenvalue weighted by Crippen LogP contribution is -2.41. The normalized spacial score (nSPS) is 17.0.